The van der Waals surface area contributed by atoms with E-state index in [1.54, 1.807) is 5.01 Å². The van der Waals surface area contributed by atoms with Crippen LogP contribution in [0.15, 0.2) is 53.0 Å². The molecule has 2 aliphatic heterocycles. The second-order valence-corrected chi connectivity index (χ2v) is 8.70. The molecule has 0 N–H and O–H groups in total. The number of amides is 1. The first-order chi connectivity index (χ1) is 12.0. The van der Waals surface area contributed by atoms with Crippen molar-refractivity contribution in [3.8, 4) is 5.75 Å². The van der Waals surface area contributed by atoms with Gasteiger partial charge in [0.05, 0.1) is 22.5 Å². The summed E-state index contributed by atoms with van der Waals surface area (Å²) < 4.78 is 5.91. The van der Waals surface area contributed by atoms with Crippen LogP contribution in [0.1, 0.15) is 41.5 Å². The normalized spacial score (nSPS) is 20.7. The maximum Gasteiger partial charge on any atom is 0.276 e. The number of nitrogens with zero attached hydrogens (tertiary/aromatic N) is 3. The van der Waals surface area contributed by atoms with Crippen molar-refractivity contribution in [1.29, 1.82) is 0 Å². The highest BCUT2D eigenvalue weighted by Gasteiger charge is 2.40. The summed E-state index contributed by atoms with van der Waals surface area (Å²) >= 11 is 0. The number of fused-ring (bicyclic) bond motifs is 1. The maximum atomic E-state index is 13.0. The van der Waals surface area contributed by atoms with Crippen molar-refractivity contribution >= 4 is 17.3 Å². The lowest BCUT2D eigenvalue weighted by molar-refractivity contribution is -0.130. The van der Waals surface area contributed by atoms with E-state index in [1.807, 2.05) is 69.1 Å². The standard InChI is InChI=1S/C21H27N3O2/c1-20(2,3)18-14(19(25)24(22-18)21(4,5)6)12-13-17-23(7)15-10-8-9-11-16(15)26-17/h8-13H,1-7H3/b14-12+,17-13+. The molecule has 0 bridgehead atoms. The molecule has 0 fully saturated rings. The summed E-state index contributed by atoms with van der Waals surface area (Å²) in [6.07, 6.45) is 3.68. The Morgan fingerprint density at radius 2 is 1.69 bits per heavy atom. The second-order valence-electron chi connectivity index (χ2n) is 8.70. The maximum absolute atomic E-state index is 13.0. The third-order valence-corrected chi connectivity index (χ3v) is 4.39. The van der Waals surface area contributed by atoms with E-state index in [-0.39, 0.29) is 16.9 Å². The molecule has 0 aromatic heterocycles. The number of rotatable bonds is 1. The van der Waals surface area contributed by atoms with E-state index < -0.39 is 0 Å². The van der Waals surface area contributed by atoms with Crippen molar-refractivity contribution < 1.29 is 9.53 Å². The van der Waals surface area contributed by atoms with Crippen LogP contribution >= 0.6 is 0 Å². The van der Waals surface area contributed by atoms with Gasteiger partial charge in [-0.25, -0.2) is 5.01 Å². The lowest BCUT2D eigenvalue weighted by atomic mass is 9.85. The lowest BCUT2D eigenvalue weighted by Gasteiger charge is -2.27. The van der Waals surface area contributed by atoms with E-state index in [9.17, 15) is 4.79 Å². The number of benzene rings is 1. The molecule has 0 spiro atoms. The van der Waals surface area contributed by atoms with Crippen LogP contribution in [-0.2, 0) is 4.79 Å². The minimum absolute atomic E-state index is 0.0718. The van der Waals surface area contributed by atoms with Gasteiger partial charge in [0.2, 0.25) is 0 Å². The number of hydrogen-bond acceptors (Lipinski definition) is 4. The summed E-state index contributed by atoms with van der Waals surface area (Å²) in [6, 6.07) is 7.86. The highest BCUT2D eigenvalue weighted by Crippen LogP contribution is 2.38. The Hall–Kier alpha value is -2.56. The third-order valence-electron chi connectivity index (χ3n) is 4.39. The first kappa shape index (κ1) is 18.2. The summed E-state index contributed by atoms with van der Waals surface area (Å²) in [7, 11) is 1.95. The molecule has 26 heavy (non-hydrogen) atoms. The summed E-state index contributed by atoms with van der Waals surface area (Å²) in [6.45, 7) is 12.2. The fraction of sp³-hybridized carbons (Fsp3) is 0.429. The predicted octanol–water partition coefficient (Wildman–Crippen LogP) is 4.33. The molecule has 138 valence electrons. The van der Waals surface area contributed by atoms with Crippen molar-refractivity contribution in [3.63, 3.8) is 0 Å². The Balaban J connectivity index is 1.98. The number of ether oxygens (including phenoxy) is 1. The van der Waals surface area contributed by atoms with Crippen LogP contribution in [-0.4, -0.2) is 29.2 Å². The molecular weight excluding hydrogens is 326 g/mol. The Labute approximate surface area is 155 Å². The van der Waals surface area contributed by atoms with Crippen LogP contribution in [0.3, 0.4) is 0 Å². The van der Waals surface area contributed by atoms with Gasteiger partial charge in [0.25, 0.3) is 5.91 Å². The molecule has 0 atom stereocenters. The molecule has 0 aliphatic carbocycles. The highest BCUT2D eigenvalue weighted by molar-refractivity contribution is 6.26. The van der Waals surface area contributed by atoms with Gasteiger partial charge in [0.15, 0.2) is 11.6 Å². The fourth-order valence-corrected chi connectivity index (χ4v) is 2.99. The number of para-hydroxylation sites is 2. The summed E-state index contributed by atoms with van der Waals surface area (Å²) in [5.41, 5.74) is 1.83. The average molecular weight is 353 g/mol. The Kier molecular flexibility index (Phi) is 4.21. The molecule has 5 nitrogen and oxygen atoms in total. The molecule has 0 saturated carbocycles. The number of hydrazone groups is 1. The second kappa shape index (κ2) is 6.01. The molecule has 0 unspecified atom stereocenters. The van der Waals surface area contributed by atoms with Crippen molar-refractivity contribution in [2.45, 2.75) is 47.1 Å². The molecular formula is C21H27N3O2. The van der Waals surface area contributed by atoms with Gasteiger partial charge < -0.3 is 9.64 Å². The van der Waals surface area contributed by atoms with Gasteiger partial charge in [-0.15, -0.1) is 0 Å². The Bertz CT molecular complexity index is 836. The van der Waals surface area contributed by atoms with Crippen LogP contribution in [0.2, 0.25) is 0 Å². The largest absolute Gasteiger partial charge is 0.439 e. The summed E-state index contributed by atoms with van der Waals surface area (Å²) in [5.74, 6) is 1.44. The van der Waals surface area contributed by atoms with Gasteiger partial charge in [0.1, 0.15) is 0 Å². The van der Waals surface area contributed by atoms with Gasteiger partial charge in [-0.3, -0.25) is 4.79 Å². The van der Waals surface area contributed by atoms with Crippen LogP contribution < -0.4 is 9.64 Å². The quantitative estimate of drug-likeness (QED) is 0.706. The zero-order valence-electron chi connectivity index (χ0n) is 16.6. The zero-order chi connectivity index (χ0) is 19.3. The fourth-order valence-electron chi connectivity index (χ4n) is 2.99. The first-order valence-corrected chi connectivity index (χ1v) is 8.87. The molecule has 1 aromatic rings. The van der Waals surface area contributed by atoms with Crippen molar-refractivity contribution in [2.24, 2.45) is 10.5 Å². The van der Waals surface area contributed by atoms with E-state index in [2.05, 4.69) is 25.9 Å². The van der Waals surface area contributed by atoms with Crippen LogP contribution in [0.25, 0.3) is 0 Å². The number of allylic oxidation sites excluding steroid dienone is 2. The molecule has 1 amide bonds. The van der Waals surface area contributed by atoms with E-state index in [0.29, 0.717) is 11.5 Å². The van der Waals surface area contributed by atoms with Gasteiger partial charge in [-0.1, -0.05) is 32.9 Å². The van der Waals surface area contributed by atoms with Gasteiger partial charge in [0, 0.05) is 12.5 Å². The SMILES string of the molecule is CN1/C(=C\C=C2\C(=O)N(C(C)(C)C)N=C2C(C)(C)C)Oc2ccccc21. The third kappa shape index (κ3) is 3.14. The van der Waals surface area contributed by atoms with Crippen molar-refractivity contribution in [3.05, 3.63) is 47.9 Å². The summed E-state index contributed by atoms with van der Waals surface area (Å²) in [5, 5.41) is 6.22. The van der Waals surface area contributed by atoms with Crippen LogP contribution in [0, 0.1) is 5.41 Å². The van der Waals surface area contributed by atoms with E-state index in [0.717, 1.165) is 17.1 Å². The highest BCUT2D eigenvalue weighted by atomic mass is 16.5. The van der Waals surface area contributed by atoms with Gasteiger partial charge in [-0.2, -0.15) is 5.10 Å². The van der Waals surface area contributed by atoms with Crippen molar-refractivity contribution in [1.82, 2.24) is 5.01 Å². The summed E-state index contributed by atoms with van der Waals surface area (Å²) in [4.78, 5) is 14.9. The lowest BCUT2D eigenvalue weighted by Crippen LogP contribution is -2.39. The van der Waals surface area contributed by atoms with Crippen LogP contribution in [0.4, 0.5) is 5.69 Å². The minimum Gasteiger partial charge on any atom is -0.439 e. The molecule has 0 radical (unpaired) electrons. The minimum atomic E-state index is -0.368. The monoisotopic (exact) mass is 353 g/mol. The van der Waals surface area contributed by atoms with E-state index in [1.165, 1.54) is 0 Å². The number of hydrogen-bond donors (Lipinski definition) is 0. The van der Waals surface area contributed by atoms with Gasteiger partial charge in [-0.05, 0) is 45.1 Å². The Morgan fingerprint density at radius 1 is 1.04 bits per heavy atom. The van der Waals surface area contributed by atoms with Crippen LogP contribution in [0.5, 0.6) is 5.75 Å². The predicted molar refractivity (Wildman–Crippen MR) is 105 cm³/mol. The molecule has 1 aromatic carbocycles. The van der Waals surface area contributed by atoms with Gasteiger partial charge >= 0.3 is 0 Å². The molecule has 2 heterocycles. The molecule has 0 saturated heterocycles. The van der Waals surface area contributed by atoms with E-state index >= 15 is 0 Å². The molecule has 2 aliphatic rings. The number of anilines is 1. The molecule has 3 rings (SSSR count). The first-order valence-electron chi connectivity index (χ1n) is 8.87. The number of carbonyl (C=O) groups is 1. The molecule has 5 heteroatoms. The average Bonchev–Trinajstić information content (AvgIpc) is 3.03. The van der Waals surface area contributed by atoms with E-state index in [4.69, 9.17) is 4.74 Å². The Morgan fingerprint density at radius 3 is 2.27 bits per heavy atom. The number of carbonyl (C=O) groups excluding carboxylic acids is 1. The zero-order valence-corrected chi connectivity index (χ0v) is 16.6. The smallest absolute Gasteiger partial charge is 0.276 e. The van der Waals surface area contributed by atoms with Crippen molar-refractivity contribution in [2.75, 3.05) is 11.9 Å². The topological polar surface area (TPSA) is 45.1 Å².